The van der Waals surface area contributed by atoms with E-state index in [0.717, 1.165) is 25.9 Å². The highest BCUT2D eigenvalue weighted by Crippen LogP contribution is 2.21. The van der Waals surface area contributed by atoms with Gasteiger partial charge < -0.3 is 10.2 Å². The van der Waals surface area contributed by atoms with Crippen LogP contribution in [0.25, 0.3) is 0 Å². The lowest BCUT2D eigenvalue weighted by molar-refractivity contribution is -0.138. The van der Waals surface area contributed by atoms with Crippen LogP contribution in [-0.4, -0.2) is 80.4 Å². The fourth-order valence-electron chi connectivity index (χ4n) is 3.61. The molecular formula is C15H29N3O3S. The van der Waals surface area contributed by atoms with E-state index in [1.165, 1.54) is 0 Å². The molecule has 128 valence electrons. The zero-order valence-electron chi connectivity index (χ0n) is 13.9. The van der Waals surface area contributed by atoms with E-state index in [9.17, 15) is 13.2 Å². The summed E-state index contributed by atoms with van der Waals surface area (Å²) < 4.78 is 23.4. The summed E-state index contributed by atoms with van der Waals surface area (Å²) >= 11 is 0. The third-order valence-electron chi connectivity index (χ3n) is 5.04. The molecule has 22 heavy (non-hydrogen) atoms. The van der Waals surface area contributed by atoms with Crippen LogP contribution in [0.4, 0.5) is 0 Å². The molecule has 0 aliphatic carbocycles. The molecule has 1 N–H and O–H groups in total. The molecule has 0 aromatic heterocycles. The number of hydrogen-bond acceptors (Lipinski definition) is 5. The van der Waals surface area contributed by atoms with Gasteiger partial charge in [0.2, 0.25) is 5.91 Å². The van der Waals surface area contributed by atoms with Crippen LogP contribution < -0.4 is 5.32 Å². The van der Waals surface area contributed by atoms with Crippen molar-refractivity contribution in [2.24, 2.45) is 0 Å². The first-order valence-electron chi connectivity index (χ1n) is 8.30. The molecule has 2 fully saturated rings. The first kappa shape index (κ1) is 17.7. The molecule has 2 aliphatic rings. The number of likely N-dealkylation sites (tertiary alicyclic amines) is 1. The van der Waals surface area contributed by atoms with Gasteiger partial charge in [0.05, 0.1) is 17.5 Å². The summed E-state index contributed by atoms with van der Waals surface area (Å²) in [5.41, 5.74) is 0. The van der Waals surface area contributed by atoms with Crippen LogP contribution in [0.2, 0.25) is 0 Å². The zero-order chi connectivity index (χ0) is 16.3. The Labute approximate surface area is 134 Å². The first-order valence-corrected chi connectivity index (χ1v) is 10.1. The van der Waals surface area contributed by atoms with Crippen LogP contribution in [0, 0.1) is 0 Å². The molecule has 2 aliphatic heterocycles. The number of nitrogens with zero attached hydrogens (tertiary/aromatic N) is 2. The van der Waals surface area contributed by atoms with Crippen molar-refractivity contribution in [3.8, 4) is 0 Å². The third-order valence-corrected chi connectivity index (χ3v) is 6.79. The molecule has 7 heteroatoms. The third kappa shape index (κ3) is 4.00. The number of piperidine rings is 1. The van der Waals surface area contributed by atoms with Gasteiger partial charge in [-0.3, -0.25) is 9.69 Å². The standard InChI is InChI=1S/C15H29N3O3S/c1-4-18(14-7-9-22(20,21)11-14)15(19)12(2)17-8-5-6-13(10-17)16-3/h12-14,16H,4-11H2,1-3H3. The van der Waals surface area contributed by atoms with Crippen LogP contribution in [0.1, 0.15) is 33.1 Å². The van der Waals surface area contributed by atoms with Crippen molar-refractivity contribution in [1.82, 2.24) is 15.1 Å². The topological polar surface area (TPSA) is 69.7 Å². The van der Waals surface area contributed by atoms with Crippen molar-refractivity contribution >= 4 is 15.7 Å². The highest BCUT2D eigenvalue weighted by molar-refractivity contribution is 7.91. The minimum atomic E-state index is -2.96. The fourth-order valence-corrected chi connectivity index (χ4v) is 5.34. The highest BCUT2D eigenvalue weighted by Gasteiger charge is 2.37. The van der Waals surface area contributed by atoms with Crippen LogP contribution in [0.3, 0.4) is 0 Å². The van der Waals surface area contributed by atoms with Crippen molar-refractivity contribution in [2.75, 3.05) is 38.2 Å². The lowest BCUT2D eigenvalue weighted by atomic mass is 10.0. The van der Waals surface area contributed by atoms with Gasteiger partial charge in [-0.15, -0.1) is 0 Å². The summed E-state index contributed by atoms with van der Waals surface area (Å²) in [6.45, 7) is 6.27. The molecule has 0 spiro atoms. The number of sulfone groups is 1. The SMILES string of the molecule is CCN(C(=O)C(C)N1CCCC(NC)C1)C1CCS(=O)(=O)C1. The van der Waals surface area contributed by atoms with Gasteiger partial charge in [-0.25, -0.2) is 8.42 Å². The Balaban J connectivity index is 2.01. The summed E-state index contributed by atoms with van der Waals surface area (Å²) in [4.78, 5) is 16.8. The average molecular weight is 331 g/mol. The van der Waals surface area contributed by atoms with Crippen molar-refractivity contribution in [2.45, 2.75) is 51.2 Å². The quantitative estimate of drug-likeness (QED) is 0.773. The van der Waals surface area contributed by atoms with E-state index >= 15 is 0 Å². The summed E-state index contributed by atoms with van der Waals surface area (Å²) in [6, 6.07) is 0.111. The molecule has 0 aromatic rings. The van der Waals surface area contributed by atoms with Gasteiger partial charge in [0, 0.05) is 25.2 Å². The molecule has 0 radical (unpaired) electrons. The van der Waals surface area contributed by atoms with Gasteiger partial charge >= 0.3 is 0 Å². The largest absolute Gasteiger partial charge is 0.338 e. The van der Waals surface area contributed by atoms with Gasteiger partial charge in [0.1, 0.15) is 0 Å². The highest BCUT2D eigenvalue weighted by atomic mass is 32.2. The van der Waals surface area contributed by atoms with Gasteiger partial charge in [0.25, 0.3) is 0 Å². The Morgan fingerprint density at radius 3 is 2.68 bits per heavy atom. The molecule has 2 heterocycles. The Morgan fingerprint density at radius 1 is 1.41 bits per heavy atom. The van der Waals surface area contributed by atoms with E-state index < -0.39 is 9.84 Å². The second kappa shape index (κ2) is 7.27. The van der Waals surface area contributed by atoms with Gasteiger partial charge in [-0.1, -0.05) is 0 Å². The molecule has 0 aromatic carbocycles. The van der Waals surface area contributed by atoms with Crippen LogP contribution in [0.15, 0.2) is 0 Å². The lowest BCUT2D eigenvalue weighted by Gasteiger charge is -2.39. The molecule has 3 atom stereocenters. The minimum absolute atomic E-state index is 0.0707. The predicted molar refractivity (Wildman–Crippen MR) is 87.6 cm³/mol. The number of amides is 1. The molecule has 2 saturated heterocycles. The fraction of sp³-hybridized carbons (Fsp3) is 0.933. The molecule has 0 bridgehead atoms. The van der Waals surface area contributed by atoms with Crippen molar-refractivity contribution in [3.05, 3.63) is 0 Å². The maximum absolute atomic E-state index is 12.8. The Hall–Kier alpha value is -0.660. The van der Waals surface area contributed by atoms with Crippen LogP contribution >= 0.6 is 0 Å². The molecule has 3 unspecified atom stereocenters. The number of rotatable bonds is 5. The minimum Gasteiger partial charge on any atom is -0.338 e. The van der Waals surface area contributed by atoms with E-state index in [-0.39, 0.29) is 29.5 Å². The smallest absolute Gasteiger partial charge is 0.239 e. The maximum Gasteiger partial charge on any atom is 0.239 e. The van der Waals surface area contributed by atoms with Gasteiger partial charge in [-0.05, 0) is 46.7 Å². The Morgan fingerprint density at radius 2 is 2.14 bits per heavy atom. The number of carbonyl (C=O) groups excluding carboxylic acids is 1. The second-order valence-corrected chi connectivity index (χ2v) is 8.71. The van der Waals surface area contributed by atoms with Crippen LogP contribution in [-0.2, 0) is 14.6 Å². The summed E-state index contributed by atoms with van der Waals surface area (Å²) in [7, 11) is -1.00. The van der Waals surface area contributed by atoms with Crippen molar-refractivity contribution in [3.63, 3.8) is 0 Å². The monoisotopic (exact) mass is 331 g/mol. The van der Waals surface area contributed by atoms with Crippen molar-refractivity contribution in [1.29, 1.82) is 0 Å². The lowest BCUT2D eigenvalue weighted by Crippen LogP contribution is -2.55. The summed E-state index contributed by atoms with van der Waals surface area (Å²) in [6.07, 6.45) is 2.81. The normalized spacial score (nSPS) is 30.1. The molecule has 0 saturated carbocycles. The predicted octanol–water partition coefficient (Wildman–Crippen LogP) is 0.0943. The van der Waals surface area contributed by atoms with E-state index in [0.29, 0.717) is 19.0 Å². The van der Waals surface area contributed by atoms with E-state index in [1.54, 1.807) is 4.90 Å². The maximum atomic E-state index is 12.8. The van der Waals surface area contributed by atoms with E-state index in [4.69, 9.17) is 0 Å². The Bertz CT molecular complexity index is 494. The molecule has 2 rings (SSSR count). The van der Waals surface area contributed by atoms with Crippen LogP contribution in [0.5, 0.6) is 0 Å². The van der Waals surface area contributed by atoms with Gasteiger partial charge in [-0.2, -0.15) is 0 Å². The average Bonchev–Trinajstić information content (AvgIpc) is 2.87. The van der Waals surface area contributed by atoms with E-state index in [1.807, 2.05) is 20.9 Å². The summed E-state index contributed by atoms with van der Waals surface area (Å²) in [5.74, 6) is 0.404. The number of carbonyl (C=O) groups is 1. The van der Waals surface area contributed by atoms with Crippen molar-refractivity contribution < 1.29 is 13.2 Å². The molecule has 1 amide bonds. The van der Waals surface area contributed by atoms with Gasteiger partial charge in [0.15, 0.2) is 9.84 Å². The zero-order valence-corrected chi connectivity index (χ0v) is 14.7. The molecular weight excluding hydrogens is 302 g/mol. The molecule has 6 nitrogen and oxygen atoms in total. The number of nitrogens with one attached hydrogen (secondary N) is 1. The number of hydrogen-bond donors (Lipinski definition) is 1. The number of likely N-dealkylation sites (N-methyl/N-ethyl adjacent to an activating group) is 2. The summed E-state index contributed by atoms with van der Waals surface area (Å²) in [5, 5.41) is 3.29. The van der Waals surface area contributed by atoms with E-state index in [2.05, 4.69) is 10.2 Å². The second-order valence-electron chi connectivity index (χ2n) is 6.48. The first-order chi connectivity index (χ1) is 10.4. The Kier molecular flexibility index (Phi) is 5.85.